The smallest absolute Gasteiger partial charge is 0.119 e. The molecule has 0 spiro atoms. The fraction of sp³-hybridized carbons (Fsp3) is 0.684. The first-order valence-electron chi connectivity index (χ1n) is 8.89. The summed E-state index contributed by atoms with van der Waals surface area (Å²) in [6, 6.07) is 7.98. The largest absolute Gasteiger partial charge is 0.494 e. The van der Waals surface area contributed by atoms with Gasteiger partial charge in [-0.25, -0.2) is 9.78 Å². The zero-order chi connectivity index (χ0) is 16.8. The third-order valence-corrected chi connectivity index (χ3v) is 3.81. The van der Waals surface area contributed by atoms with Gasteiger partial charge in [-0.2, -0.15) is 0 Å². The van der Waals surface area contributed by atoms with E-state index in [9.17, 15) is 0 Å². The first kappa shape index (κ1) is 19.9. The second kappa shape index (κ2) is 13.3. The molecule has 0 unspecified atom stereocenters. The molecular formula is C19H33NO3. The second-order valence-corrected chi connectivity index (χ2v) is 5.82. The average Bonchev–Trinajstić information content (AvgIpc) is 2.59. The maximum Gasteiger partial charge on any atom is 0.119 e. The summed E-state index contributed by atoms with van der Waals surface area (Å²) in [5.74, 6) is 0.917. The summed E-state index contributed by atoms with van der Waals surface area (Å²) >= 11 is 0. The summed E-state index contributed by atoms with van der Waals surface area (Å²) in [6.07, 6.45) is 6.17. The first-order chi connectivity index (χ1) is 11.3. The number of ether oxygens (including phenoxy) is 1. The van der Waals surface area contributed by atoms with E-state index in [1.807, 2.05) is 24.3 Å². The SMILES string of the molecule is CCCCN(CCCC)CCCOc1ccc(COOC)cc1. The molecule has 1 aromatic rings. The van der Waals surface area contributed by atoms with Crippen LogP contribution in [0.3, 0.4) is 0 Å². The summed E-state index contributed by atoms with van der Waals surface area (Å²) < 4.78 is 5.83. The topological polar surface area (TPSA) is 30.9 Å². The molecule has 132 valence electrons. The van der Waals surface area contributed by atoms with Crippen LogP contribution in [0.15, 0.2) is 24.3 Å². The van der Waals surface area contributed by atoms with Gasteiger partial charge < -0.3 is 9.64 Å². The van der Waals surface area contributed by atoms with E-state index in [0.717, 1.165) is 30.9 Å². The Morgan fingerprint density at radius 2 is 1.48 bits per heavy atom. The molecule has 0 aliphatic heterocycles. The monoisotopic (exact) mass is 323 g/mol. The predicted octanol–water partition coefficient (Wildman–Crippen LogP) is 4.44. The molecule has 0 fully saturated rings. The zero-order valence-corrected chi connectivity index (χ0v) is 15.1. The lowest BCUT2D eigenvalue weighted by Crippen LogP contribution is -2.28. The van der Waals surface area contributed by atoms with Crippen LogP contribution in [-0.4, -0.2) is 38.3 Å². The van der Waals surface area contributed by atoms with Gasteiger partial charge in [-0.1, -0.05) is 38.8 Å². The predicted molar refractivity (Wildman–Crippen MR) is 94.6 cm³/mol. The van der Waals surface area contributed by atoms with Gasteiger partial charge in [0.1, 0.15) is 12.4 Å². The molecule has 0 bridgehead atoms. The molecule has 0 amide bonds. The maximum atomic E-state index is 5.83. The fourth-order valence-electron chi connectivity index (χ4n) is 2.39. The van der Waals surface area contributed by atoms with E-state index in [-0.39, 0.29) is 0 Å². The minimum atomic E-state index is 0.459. The Balaban J connectivity index is 2.23. The molecule has 0 aliphatic rings. The van der Waals surface area contributed by atoms with Crippen LogP contribution in [-0.2, 0) is 16.4 Å². The van der Waals surface area contributed by atoms with Gasteiger partial charge >= 0.3 is 0 Å². The van der Waals surface area contributed by atoms with Gasteiger partial charge in [-0.3, -0.25) is 0 Å². The molecule has 0 N–H and O–H groups in total. The molecule has 0 saturated heterocycles. The molecule has 1 aromatic carbocycles. The Hall–Kier alpha value is -1.10. The van der Waals surface area contributed by atoms with Crippen LogP contribution >= 0.6 is 0 Å². The van der Waals surface area contributed by atoms with Crippen LogP contribution in [0.4, 0.5) is 0 Å². The van der Waals surface area contributed by atoms with Gasteiger partial charge in [-0.15, -0.1) is 0 Å². The number of rotatable bonds is 14. The molecular weight excluding hydrogens is 290 g/mol. The van der Waals surface area contributed by atoms with E-state index in [0.29, 0.717) is 6.61 Å². The van der Waals surface area contributed by atoms with Gasteiger partial charge in [0.15, 0.2) is 0 Å². The Kier molecular flexibility index (Phi) is 11.6. The molecule has 4 heteroatoms. The van der Waals surface area contributed by atoms with Crippen LogP contribution in [0.25, 0.3) is 0 Å². The van der Waals surface area contributed by atoms with Gasteiger partial charge in [0.05, 0.1) is 13.7 Å². The van der Waals surface area contributed by atoms with Crippen molar-refractivity contribution in [2.24, 2.45) is 0 Å². The number of hydrogen-bond acceptors (Lipinski definition) is 4. The summed E-state index contributed by atoms with van der Waals surface area (Å²) in [4.78, 5) is 12.1. The highest BCUT2D eigenvalue weighted by Crippen LogP contribution is 2.13. The third kappa shape index (κ3) is 9.59. The number of benzene rings is 1. The van der Waals surface area contributed by atoms with E-state index in [2.05, 4.69) is 23.6 Å². The van der Waals surface area contributed by atoms with Crippen molar-refractivity contribution < 1.29 is 14.5 Å². The molecule has 0 atom stereocenters. The highest BCUT2D eigenvalue weighted by molar-refractivity contribution is 5.26. The number of unbranched alkanes of at least 4 members (excludes halogenated alkanes) is 2. The lowest BCUT2D eigenvalue weighted by Gasteiger charge is -2.21. The van der Waals surface area contributed by atoms with E-state index in [4.69, 9.17) is 9.62 Å². The van der Waals surface area contributed by atoms with Crippen molar-refractivity contribution in [3.05, 3.63) is 29.8 Å². The maximum absolute atomic E-state index is 5.83. The molecule has 0 radical (unpaired) electrons. The summed E-state index contributed by atoms with van der Waals surface area (Å²) in [7, 11) is 1.52. The summed E-state index contributed by atoms with van der Waals surface area (Å²) in [5.41, 5.74) is 1.07. The van der Waals surface area contributed by atoms with E-state index in [1.54, 1.807) is 0 Å². The van der Waals surface area contributed by atoms with E-state index < -0.39 is 0 Å². The average molecular weight is 323 g/mol. The van der Waals surface area contributed by atoms with Crippen molar-refractivity contribution >= 4 is 0 Å². The Morgan fingerprint density at radius 1 is 0.870 bits per heavy atom. The Morgan fingerprint density at radius 3 is 2.04 bits per heavy atom. The first-order valence-corrected chi connectivity index (χ1v) is 8.89. The van der Waals surface area contributed by atoms with Gasteiger partial charge in [0.25, 0.3) is 0 Å². The minimum Gasteiger partial charge on any atom is -0.494 e. The minimum absolute atomic E-state index is 0.459. The van der Waals surface area contributed by atoms with Crippen LogP contribution in [0.5, 0.6) is 5.75 Å². The lowest BCUT2D eigenvalue weighted by atomic mass is 10.2. The third-order valence-electron chi connectivity index (χ3n) is 3.81. The molecule has 23 heavy (non-hydrogen) atoms. The van der Waals surface area contributed by atoms with Crippen LogP contribution < -0.4 is 4.74 Å². The van der Waals surface area contributed by atoms with Crippen LogP contribution in [0, 0.1) is 0 Å². The standard InChI is InChI=1S/C19H33NO3/c1-4-6-13-20(14-7-5-2)15-8-16-22-19-11-9-18(10-12-19)17-23-21-3/h9-12H,4-8,13-17H2,1-3H3. The quantitative estimate of drug-likeness (QED) is 0.288. The van der Waals surface area contributed by atoms with E-state index >= 15 is 0 Å². The number of hydrogen-bond donors (Lipinski definition) is 0. The second-order valence-electron chi connectivity index (χ2n) is 5.82. The van der Waals surface area contributed by atoms with Crippen molar-refractivity contribution in [3.63, 3.8) is 0 Å². The zero-order valence-electron chi connectivity index (χ0n) is 15.1. The Bertz CT molecular complexity index is 373. The highest BCUT2D eigenvalue weighted by atomic mass is 17.2. The molecule has 0 aromatic heterocycles. The summed E-state index contributed by atoms with van der Waals surface area (Å²) in [6.45, 7) is 9.28. The van der Waals surface area contributed by atoms with Crippen molar-refractivity contribution in [1.82, 2.24) is 4.90 Å². The van der Waals surface area contributed by atoms with Crippen molar-refractivity contribution in [3.8, 4) is 5.75 Å². The van der Waals surface area contributed by atoms with Gasteiger partial charge in [0, 0.05) is 6.54 Å². The van der Waals surface area contributed by atoms with Crippen molar-refractivity contribution in [1.29, 1.82) is 0 Å². The van der Waals surface area contributed by atoms with E-state index in [1.165, 1.54) is 45.9 Å². The Labute approximate surface area is 141 Å². The van der Waals surface area contributed by atoms with Crippen LogP contribution in [0.1, 0.15) is 51.5 Å². The highest BCUT2D eigenvalue weighted by Gasteiger charge is 2.04. The van der Waals surface area contributed by atoms with Crippen molar-refractivity contribution in [2.45, 2.75) is 52.6 Å². The normalized spacial score (nSPS) is 11.1. The fourth-order valence-corrected chi connectivity index (χ4v) is 2.39. The lowest BCUT2D eigenvalue weighted by molar-refractivity contribution is -0.282. The van der Waals surface area contributed by atoms with Crippen LogP contribution in [0.2, 0.25) is 0 Å². The molecule has 0 aliphatic carbocycles. The number of nitrogens with zero attached hydrogens (tertiary/aromatic N) is 1. The van der Waals surface area contributed by atoms with Gasteiger partial charge in [0.2, 0.25) is 0 Å². The molecule has 4 nitrogen and oxygen atoms in total. The molecule has 1 rings (SSSR count). The molecule has 0 heterocycles. The van der Waals surface area contributed by atoms with Crippen molar-refractivity contribution in [2.75, 3.05) is 33.4 Å². The van der Waals surface area contributed by atoms with Gasteiger partial charge in [-0.05, 0) is 50.0 Å². The molecule has 0 saturated carbocycles. The summed E-state index contributed by atoms with van der Waals surface area (Å²) in [5, 5.41) is 0.